The lowest BCUT2D eigenvalue weighted by Crippen LogP contribution is -2.23. The van der Waals surface area contributed by atoms with Crippen molar-refractivity contribution in [3.8, 4) is 0 Å². The van der Waals surface area contributed by atoms with Crippen molar-refractivity contribution in [3.63, 3.8) is 0 Å². The van der Waals surface area contributed by atoms with Crippen molar-refractivity contribution in [3.05, 3.63) is 75.5 Å². The Bertz CT molecular complexity index is 1080. The molecular weight excluding hydrogens is 405 g/mol. The summed E-state index contributed by atoms with van der Waals surface area (Å²) in [6.45, 7) is 3.96. The molecular formula is C19H15Cl2N3O2S. The summed E-state index contributed by atoms with van der Waals surface area (Å²) < 4.78 is 1.47. The summed E-state index contributed by atoms with van der Waals surface area (Å²) >= 11 is 13.2. The number of nitrogens with one attached hydrogen (secondary N) is 1. The van der Waals surface area contributed by atoms with Gasteiger partial charge < -0.3 is 5.32 Å². The smallest absolute Gasteiger partial charge is 0.262 e. The lowest BCUT2D eigenvalue weighted by atomic mass is 10.2. The van der Waals surface area contributed by atoms with Gasteiger partial charge in [0.05, 0.1) is 27.4 Å². The molecule has 8 heteroatoms. The van der Waals surface area contributed by atoms with Crippen molar-refractivity contribution in [2.75, 3.05) is 11.1 Å². The number of hydrogen-bond acceptors (Lipinski definition) is 4. The van der Waals surface area contributed by atoms with E-state index in [0.717, 1.165) is 0 Å². The zero-order chi connectivity index (χ0) is 19.4. The maximum atomic E-state index is 12.8. The molecule has 27 heavy (non-hydrogen) atoms. The fourth-order valence-electron chi connectivity index (χ4n) is 2.45. The number of aromatic nitrogens is 2. The van der Waals surface area contributed by atoms with E-state index in [1.54, 1.807) is 48.5 Å². The van der Waals surface area contributed by atoms with E-state index in [9.17, 15) is 9.59 Å². The highest BCUT2D eigenvalue weighted by molar-refractivity contribution is 7.99. The second-order valence-electron chi connectivity index (χ2n) is 5.58. The predicted molar refractivity (Wildman–Crippen MR) is 112 cm³/mol. The number of anilines is 1. The van der Waals surface area contributed by atoms with Crippen LogP contribution in [0.15, 0.2) is 65.1 Å². The molecule has 0 aliphatic rings. The molecule has 1 amide bonds. The maximum absolute atomic E-state index is 12.8. The van der Waals surface area contributed by atoms with Gasteiger partial charge >= 0.3 is 0 Å². The molecule has 0 saturated heterocycles. The topological polar surface area (TPSA) is 64.0 Å². The molecule has 0 saturated carbocycles. The van der Waals surface area contributed by atoms with Gasteiger partial charge in [-0.15, -0.1) is 6.58 Å². The molecule has 0 aliphatic carbocycles. The van der Waals surface area contributed by atoms with Crippen LogP contribution >= 0.6 is 35.0 Å². The molecule has 0 radical (unpaired) electrons. The summed E-state index contributed by atoms with van der Waals surface area (Å²) in [6, 6.07) is 11.9. The standard InChI is InChI=1S/C19H15Cl2N3O2S/c1-2-9-24-18(26)13-10-12(20)7-8-15(13)23-19(24)27-11-17(25)22-16-6-4-3-5-14(16)21/h2-8,10H,1,9,11H2,(H,22,25). The summed E-state index contributed by atoms with van der Waals surface area (Å²) in [5.41, 5.74) is 0.837. The van der Waals surface area contributed by atoms with Gasteiger partial charge in [0.25, 0.3) is 5.56 Å². The molecule has 0 atom stereocenters. The molecule has 0 spiro atoms. The molecule has 1 aromatic heterocycles. The molecule has 1 N–H and O–H groups in total. The molecule has 0 unspecified atom stereocenters. The number of nitrogens with zero attached hydrogens (tertiary/aromatic N) is 2. The molecule has 0 bridgehead atoms. The molecule has 138 valence electrons. The van der Waals surface area contributed by atoms with Gasteiger partial charge in [-0.25, -0.2) is 4.98 Å². The van der Waals surface area contributed by atoms with Crippen LogP contribution in [0.5, 0.6) is 0 Å². The molecule has 3 rings (SSSR count). The number of halogens is 2. The highest BCUT2D eigenvalue weighted by Gasteiger charge is 2.13. The van der Waals surface area contributed by atoms with Crippen LogP contribution in [0, 0.1) is 0 Å². The van der Waals surface area contributed by atoms with E-state index in [0.29, 0.717) is 31.8 Å². The number of amides is 1. The van der Waals surface area contributed by atoms with Crippen molar-refractivity contribution in [2.45, 2.75) is 11.7 Å². The highest BCUT2D eigenvalue weighted by atomic mass is 35.5. The van der Waals surface area contributed by atoms with Crippen molar-refractivity contribution in [1.82, 2.24) is 9.55 Å². The third kappa shape index (κ3) is 4.53. The molecule has 1 heterocycles. The van der Waals surface area contributed by atoms with Crippen LogP contribution in [0.1, 0.15) is 0 Å². The van der Waals surface area contributed by atoms with E-state index in [1.807, 2.05) is 0 Å². The van der Waals surface area contributed by atoms with Crippen LogP contribution < -0.4 is 10.9 Å². The molecule has 0 aliphatic heterocycles. The normalized spacial score (nSPS) is 10.7. The minimum Gasteiger partial charge on any atom is -0.324 e. The minimum absolute atomic E-state index is 0.0773. The van der Waals surface area contributed by atoms with Gasteiger partial charge in [-0.2, -0.15) is 0 Å². The van der Waals surface area contributed by atoms with Gasteiger partial charge in [0, 0.05) is 11.6 Å². The first kappa shape index (κ1) is 19.5. The molecule has 3 aromatic rings. The van der Waals surface area contributed by atoms with Gasteiger partial charge in [0.2, 0.25) is 5.91 Å². The Kier molecular flexibility index (Phi) is 6.21. The Morgan fingerprint density at radius 3 is 2.78 bits per heavy atom. The zero-order valence-corrected chi connectivity index (χ0v) is 16.4. The van der Waals surface area contributed by atoms with Crippen LogP contribution in [0.25, 0.3) is 10.9 Å². The van der Waals surface area contributed by atoms with E-state index >= 15 is 0 Å². The average Bonchev–Trinajstić information content (AvgIpc) is 2.65. The van der Waals surface area contributed by atoms with Crippen molar-refractivity contribution in [1.29, 1.82) is 0 Å². The Morgan fingerprint density at radius 1 is 1.26 bits per heavy atom. The van der Waals surface area contributed by atoms with Crippen molar-refractivity contribution >= 4 is 57.5 Å². The fraction of sp³-hybridized carbons (Fsp3) is 0.105. The number of carbonyl (C=O) groups is 1. The number of carbonyl (C=O) groups excluding carboxylic acids is 1. The fourth-order valence-corrected chi connectivity index (χ4v) is 3.62. The summed E-state index contributed by atoms with van der Waals surface area (Å²) in [5, 5.41) is 4.53. The van der Waals surface area contributed by atoms with Gasteiger partial charge in [-0.3, -0.25) is 14.2 Å². The number of para-hydroxylation sites is 1. The largest absolute Gasteiger partial charge is 0.324 e. The quantitative estimate of drug-likeness (QED) is 0.359. The van der Waals surface area contributed by atoms with Crippen LogP contribution in [0.2, 0.25) is 10.0 Å². The highest BCUT2D eigenvalue weighted by Crippen LogP contribution is 2.23. The first-order chi connectivity index (χ1) is 13.0. The predicted octanol–water partition coefficient (Wildman–Crippen LogP) is 4.62. The molecule has 5 nitrogen and oxygen atoms in total. The summed E-state index contributed by atoms with van der Waals surface area (Å²) in [4.78, 5) is 29.5. The Balaban J connectivity index is 1.85. The minimum atomic E-state index is -0.247. The van der Waals surface area contributed by atoms with Gasteiger partial charge in [-0.05, 0) is 30.3 Å². The third-order valence-corrected chi connectivity index (χ3v) is 5.21. The molecule has 2 aromatic carbocycles. The Hall–Kier alpha value is -2.28. The zero-order valence-electron chi connectivity index (χ0n) is 14.1. The van der Waals surface area contributed by atoms with Gasteiger partial charge in [-0.1, -0.05) is 53.2 Å². The monoisotopic (exact) mass is 419 g/mol. The van der Waals surface area contributed by atoms with E-state index < -0.39 is 0 Å². The lowest BCUT2D eigenvalue weighted by Gasteiger charge is -2.12. The maximum Gasteiger partial charge on any atom is 0.262 e. The lowest BCUT2D eigenvalue weighted by molar-refractivity contribution is -0.113. The van der Waals surface area contributed by atoms with Crippen molar-refractivity contribution < 1.29 is 4.79 Å². The van der Waals surface area contributed by atoms with Crippen LogP contribution in [-0.2, 0) is 11.3 Å². The second kappa shape index (κ2) is 8.61. The first-order valence-corrected chi connectivity index (χ1v) is 9.72. The van der Waals surface area contributed by atoms with Gasteiger partial charge in [0.15, 0.2) is 5.16 Å². The Morgan fingerprint density at radius 2 is 2.04 bits per heavy atom. The second-order valence-corrected chi connectivity index (χ2v) is 7.36. The average molecular weight is 420 g/mol. The van der Waals surface area contributed by atoms with E-state index in [-0.39, 0.29) is 23.8 Å². The van der Waals surface area contributed by atoms with E-state index in [4.69, 9.17) is 23.2 Å². The SMILES string of the molecule is C=CCn1c(SCC(=O)Nc2ccccc2Cl)nc2ccc(Cl)cc2c1=O. The first-order valence-electron chi connectivity index (χ1n) is 7.98. The van der Waals surface area contributed by atoms with Crippen LogP contribution in [-0.4, -0.2) is 21.2 Å². The number of fused-ring (bicyclic) bond motifs is 1. The van der Waals surface area contributed by atoms with Crippen molar-refractivity contribution in [2.24, 2.45) is 0 Å². The number of rotatable bonds is 6. The van der Waals surface area contributed by atoms with Gasteiger partial charge in [0.1, 0.15) is 0 Å². The van der Waals surface area contributed by atoms with Crippen LogP contribution in [0.3, 0.4) is 0 Å². The summed E-state index contributed by atoms with van der Waals surface area (Å²) in [6.07, 6.45) is 1.60. The number of allylic oxidation sites excluding steroid dienone is 1. The third-order valence-electron chi connectivity index (χ3n) is 3.67. The number of benzene rings is 2. The Labute approximate surface area is 170 Å². The number of thioether (sulfide) groups is 1. The number of hydrogen-bond donors (Lipinski definition) is 1. The summed E-state index contributed by atoms with van der Waals surface area (Å²) in [7, 11) is 0. The van der Waals surface area contributed by atoms with E-state index in [2.05, 4.69) is 16.9 Å². The molecule has 0 fully saturated rings. The van der Waals surface area contributed by atoms with E-state index in [1.165, 1.54) is 16.3 Å². The van der Waals surface area contributed by atoms with Crippen LogP contribution in [0.4, 0.5) is 5.69 Å². The summed E-state index contributed by atoms with van der Waals surface area (Å²) in [5.74, 6) is -0.169.